The molecular formula is C16H24ClN7. The molecule has 0 amide bonds. The Morgan fingerprint density at radius 2 is 2.29 bits per heavy atom. The third-order valence-corrected chi connectivity index (χ3v) is 4.73. The topological polar surface area (TPSA) is 79.7 Å². The highest BCUT2D eigenvalue weighted by Gasteiger charge is 2.24. The molecule has 3 rings (SSSR count). The number of nitrogens with one attached hydrogen (secondary N) is 3. The number of hydrogen-bond acceptors (Lipinski definition) is 6. The Labute approximate surface area is 147 Å². The van der Waals surface area contributed by atoms with Crippen LogP contribution in [0, 0.1) is 12.8 Å². The minimum atomic E-state index is 0.372. The van der Waals surface area contributed by atoms with Crippen molar-refractivity contribution in [3.05, 3.63) is 23.1 Å². The number of aromatic nitrogens is 4. The molecule has 0 radical (unpaired) electrons. The molecule has 1 saturated heterocycles. The minimum Gasteiger partial charge on any atom is -0.366 e. The van der Waals surface area contributed by atoms with Gasteiger partial charge in [-0.2, -0.15) is 10.1 Å². The van der Waals surface area contributed by atoms with Gasteiger partial charge in [-0.3, -0.25) is 4.68 Å². The second-order valence-corrected chi connectivity index (χ2v) is 6.64. The molecule has 2 aromatic rings. The van der Waals surface area contributed by atoms with E-state index in [1.807, 2.05) is 20.2 Å². The molecule has 0 bridgehead atoms. The second kappa shape index (κ2) is 7.36. The summed E-state index contributed by atoms with van der Waals surface area (Å²) in [4.78, 5) is 8.83. The van der Waals surface area contributed by atoms with Gasteiger partial charge < -0.3 is 16.0 Å². The SMILES string of the molecule is CCC1CNCCC1Nc1nc(Nc2cn(C)nc2C)ncc1Cl. The van der Waals surface area contributed by atoms with E-state index in [1.54, 1.807) is 10.9 Å². The zero-order valence-corrected chi connectivity index (χ0v) is 15.1. The van der Waals surface area contributed by atoms with Crippen LogP contribution in [0.15, 0.2) is 12.4 Å². The smallest absolute Gasteiger partial charge is 0.229 e. The van der Waals surface area contributed by atoms with E-state index in [0.29, 0.717) is 28.7 Å². The van der Waals surface area contributed by atoms with Crippen LogP contribution in [0.4, 0.5) is 17.5 Å². The monoisotopic (exact) mass is 349 g/mol. The van der Waals surface area contributed by atoms with Crippen LogP contribution < -0.4 is 16.0 Å². The van der Waals surface area contributed by atoms with Crippen molar-refractivity contribution in [2.24, 2.45) is 13.0 Å². The molecule has 8 heteroatoms. The molecule has 0 spiro atoms. The summed E-state index contributed by atoms with van der Waals surface area (Å²) in [6, 6.07) is 0.372. The Morgan fingerprint density at radius 1 is 1.46 bits per heavy atom. The van der Waals surface area contributed by atoms with Crippen LogP contribution in [0.3, 0.4) is 0 Å². The lowest BCUT2D eigenvalue weighted by molar-refractivity contribution is 0.335. The molecule has 2 aromatic heterocycles. The summed E-state index contributed by atoms with van der Waals surface area (Å²) in [5, 5.41) is 15.0. The summed E-state index contributed by atoms with van der Waals surface area (Å²) in [6.07, 6.45) is 5.71. The first kappa shape index (κ1) is 17.0. The standard InChI is InChI=1S/C16H24ClN7/c1-4-11-7-18-6-5-13(11)20-15-12(17)8-19-16(22-15)21-14-9-24(3)23-10(14)2/h8-9,11,13,18H,4-7H2,1-3H3,(H2,19,20,21,22). The van der Waals surface area contributed by atoms with Crippen LogP contribution in [0.1, 0.15) is 25.5 Å². The lowest BCUT2D eigenvalue weighted by Gasteiger charge is -2.32. The van der Waals surface area contributed by atoms with Gasteiger partial charge in [0.15, 0.2) is 5.82 Å². The molecular weight excluding hydrogens is 326 g/mol. The van der Waals surface area contributed by atoms with Gasteiger partial charge in [-0.05, 0) is 32.4 Å². The first-order chi connectivity index (χ1) is 11.6. The predicted molar refractivity (Wildman–Crippen MR) is 96.9 cm³/mol. The highest BCUT2D eigenvalue weighted by Crippen LogP contribution is 2.26. The van der Waals surface area contributed by atoms with E-state index < -0.39 is 0 Å². The van der Waals surface area contributed by atoms with Gasteiger partial charge in [0.25, 0.3) is 0 Å². The van der Waals surface area contributed by atoms with Gasteiger partial charge >= 0.3 is 0 Å². The second-order valence-electron chi connectivity index (χ2n) is 6.23. The van der Waals surface area contributed by atoms with Crippen molar-refractivity contribution in [3.8, 4) is 0 Å². The molecule has 1 fully saturated rings. The molecule has 1 aliphatic rings. The first-order valence-electron chi connectivity index (χ1n) is 8.34. The molecule has 0 aliphatic carbocycles. The zero-order valence-electron chi connectivity index (χ0n) is 14.3. The highest BCUT2D eigenvalue weighted by molar-refractivity contribution is 6.32. The molecule has 0 saturated carbocycles. The van der Waals surface area contributed by atoms with Crippen LogP contribution >= 0.6 is 11.6 Å². The average molecular weight is 350 g/mol. The van der Waals surface area contributed by atoms with Crippen molar-refractivity contribution in [3.63, 3.8) is 0 Å². The van der Waals surface area contributed by atoms with Crippen molar-refractivity contribution < 1.29 is 0 Å². The van der Waals surface area contributed by atoms with Gasteiger partial charge in [-0.1, -0.05) is 24.9 Å². The third-order valence-electron chi connectivity index (χ3n) is 4.46. The van der Waals surface area contributed by atoms with Gasteiger partial charge in [-0.25, -0.2) is 4.98 Å². The fourth-order valence-corrected chi connectivity index (χ4v) is 3.23. The Hall–Kier alpha value is -1.86. The fraction of sp³-hybridized carbons (Fsp3) is 0.562. The molecule has 0 aromatic carbocycles. The summed E-state index contributed by atoms with van der Waals surface area (Å²) < 4.78 is 1.76. The summed E-state index contributed by atoms with van der Waals surface area (Å²) in [7, 11) is 1.88. The van der Waals surface area contributed by atoms with E-state index in [2.05, 4.69) is 37.9 Å². The van der Waals surface area contributed by atoms with Gasteiger partial charge in [0.1, 0.15) is 5.02 Å². The van der Waals surface area contributed by atoms with Gasteiger partial charge in [0.2, 0.25) is 5.95 Å². The van der Waals surface area contributed by atoms with E-state index >= 15 is 0 Å². The molecule has 1 aliphatic heterocycles. The number of anilines is 3. The maximum Gasteiger partial charge on any atom is 0.229 e. The maximum absolute atomic E-state index is 6.30. The average Bonchev–Trinajstić information content (AvgIpc) is 2.88. The molecule has 7 nitrogen and oxygen atoms in total. The zero-order chi connectivity index (χ0) is 17.1. The fourth-order valence-electron chi connectivity index (χ4n) is 3.09. The van der Waals surface area contributed by atoms with Gasteiger partial charge in [-0.15, -0.1) is 0 Å². The molecule has 24 heavy (non-hydrogen) atoms. The Balaban J connectivity index is 1.77. The van der Waals surface area contributed by atoms with Crippen molar-refractivity contribution in [2.75, 3.05) is 23.7 Å². The van der Waals surface area contributed by atoms with E-state index in [9.17, 15) is 0 Å². The quantitative estimate of drug-likeness (QED) is 0.770. The van der Waals surface area contributed by atoms with Gasteiger partial charge in [0, 0.05) is 19.3 Å². The van der Waals surface area contributed by atoms with Crippen molar-refractivity contribution >= 4 is 29.1 Å². The number of aryl methyl sites for hydroxylation is 2. The lowest BCUT2D eigenvalue weighted by Crippen LogP contribution is -2.43. The van der Waals surface area contributed by atoms with Crippen LogP contribution in [0.5, 0.6) is 0 Å². The number of nitrogens with zero attached hydrogens (tertiary/aromatic N) is 4. The third kappa shape index (κ3) is 3.79. The molecule has 2 atom stereocenters. The van der Waals surface area contributed by atoms with Crippen molar-refractivity contribution in [1.29, 1.82) is 0 Å². The molecule has 130 valence electrons. The number of hydrogen-bond donors (Lipinski definition) is 3. The van der Waals surface area contributed by atoms with Crippen LogP contribution in [-0.4, -0.2) is 38.9 Å². The van der Waals surface area contributed by atoms with E-state index in [4.69, 9.17) is 11.6 Å². The summed E-state index contributed by atoms with van der Waals surface area (Å²) in [5.74, 6) is 1.77. The largest absolute Gasteiger partial charge is 0.366 e. The Bertz CT molecular complexity index is 700. The van der Waals surface area contributed by atoms with Gasteiger partial charge in [0.05, 0.1) is 17.6 Å². The minimum absolute atomic E-state index is 0.372. The molecule has 3 N–H and O–H groups in total. The lowest BCUT2D eigenvalue weighted by atomic mass is 9.91. The first-order valence-corrected chi connectivity index (χ1v) is 8.71. The molecule has 3 heterocycles. The van der Waals surface area contributed by atoms with Crippen LogP contribution in [0.25, 0.3) is 0 Å². The highest BCUT2D eigenvalue weighted by atomic mass is 35.5. The number of halogens is 1. The predicted octanol–water partition coefficient (Wildman–Crippen LogP) is 2.72. The Kier molecular flexibility index (Phi) is 5.20. The number of rotatable bonds is 5. The van der Waals surface area contributed by atoms with Crippen molar-refractivity contribution in [2.45, 2.75) is 32.7 Å². The van der Waals surface area contributed by atoms with Crippen LogP contribution in [-0.2, 0) is 7.05 Å². The molecule has 2 unspecified atom stereocenters. The summed E-state index contributed by atoms with van der Waals surface area (Å²) >= 11 is 6.30. The van der Waals surface area contributed by atoms with E-state index in [0.717, 1.165) is 37.3 Å². The van der Waals surface area contributed by atoms with Crippen molar-refractivity contribution in [1.82, 2.24) is 25.1 Å². The maximum atomic E-state index is 6.30. The summed E-state index contributed by atoms with van der Waals surface area (Å²) in [6.45, 7) is 6.19. The summed E-state index contributed by atoms with van der Waals surface area (Å²) in [5.41, 5.74) is 1.79. The van der Waals surface area contributed by atoms with Crippen LogP contribution in [0.2, 0.25) is 5.02 Å². The normalized spacial score (nSPS) is 20.8. The van der Waals surface area contributed by atoms with E-state index in [1.165, 1.54) is 0 Å². The Morgan fingerprint density at radius 3 is 3.00 bits per heavy atom. The number of piperidine rings is 1. The van der Waals surface area contributed by atoms with E-state index in [-0.39, 0.29) is 0 Å².